The molecule has 0 saturated heterocycles. The Morgan fingerprint density at radius 3 is 1.02 bits per heavy atom. The zero-order valence-corrected chi connectivity index (χ0v) is 47.9. The average molecular weight is 1120 g/mol. The topological polar surface area (TPSA) is 61.3 Å². The zero-order chi connectivity index (χ0) is 58.4. The minimum atomic E-state index is 0.890. The summed E-state index contributed by atoms with van der Waals surface area (Å²) in [5.74, 6) is 0.890. The van der Waals surface area contributed by atoms with E-state index in [0.717, 1.165) is 56.8 Å². The van der Waals surface area contributed by atoms with E-state index < -0.39 is 0 Å². The van der Waals surface area contributed by atoms with E-state index in [1.807, 2.05) is 109 Å². The van der Waals surface area contributed by atoms with Crippen molar-refractivity contribution in [2.45, 2.75) is 0 Å². The molecule has 1 heterocycles. The summed E-state index contributed by atoms with van der Waals surface area (Å²) >= 11 is 0. The van der Waals surface area contributed by atoms with Crippen LogP contribution in [0.3, 0.4) is 0 Å². The first-order chi connectivity index (χ1) is 43.1. The van der Waals surface area contributed by atoms with E-state index in [1.54, 1.807) is 6.26 Å². The summed E-state index contributed by atoms with van der Waals surface area (Å²) in [6, 6.07) is 120. The minimum Gasteiger partial charge on any atom is -0.464 e. The molecule has 0 spiro atoms. The lowest BCUT2D eigenvalue weighted by atomic mass is 10.00. The molecule has 87 heavy (non-hydrogen) atoms. The first kappa shape index (κ1) is 54.6. The Morgan fingerprint density at radius 2 is 0.517 bits per heavy atom. The Labute approximate surface area is 507 Å². The van der Waals surface area contributed by atoms with Crippen molar-refractivity contribution in [3.05, 3.63) is 352 Å². The fraction of sp³-hybridized carbons (Fsp3) is 0. The second-order valence-corrected chi connectivity index (χ2v) is 21.2. The van der Waals surface area contributed by atoms with Gasteiger partial charge in [-0.1, -0.05) is 237 Å². The van der Waals surface area contributed by atoms with E-state index in [9.17, 15) is 0 Å². The maximum Gasteiger partial charge on any atom is 0.133 e. The van der Waals surface area contributed by atoms with Gasteiger partial charge >= 0.3 is 0 Å². The van der Waals surface area contributed by atoms with Crippen molar-refractivity contribution < 1.29 is 4.42 Å². The minimum absolute atomic E-state index is 0.890. The first-order valence-electron chi connectivity index (χ1n) is 29.4. The predicted molar refractivity (Wildman–Crippen MR) is 373 cm³/mol. The van der Waals surface area contributed by atoms with Crippen molar-refractivity contribution in [2.75, 3.05) is 21.3 Å². The number of hydrogen-bond donors (Lipinski definition) is 4. The molecule has 15 aromatic carbocycles. The second kappa shape index (κ2) is 26.3. The summed E-state index contributed by atoms with van der Waals surface area (Å²) in [5, 5.41) is 29.2. The van der Waals surface area contributed by atoms with Crippen LogP contribution in [0.2, 0.25) is 0 Å². The Kier molecular flexibility index (Phi) is 16.5. The van der Waals surface area contributed by atoms with Crippen LogP contribution in [0.25, 0.3) is 87.1 Å². The van der Waals surface area contributed by atoms with Crippen LogP contribution in [-0.2, 0) is 0 Å². The lowest BCUT2D eigenvalue weighted by Crippen LogP contribution is -1.92. The maximum absolute atomic E-state index is 5.36. The monoisotopic (exact) mass is 1120 g/mol. The lowest BCUT2D eigenvalue weighted by molar-refractivity contribution is 0.582. The molecule has 0 bridgehead atoms. The molecule has 5 heteroatoms. The Morgan fingerprint density at radius 1 is 0.184 bits per heavy atom. The molecule has 5 nitrogen and oxygen atoms in total. The lowest BCUT2D eigenvalue weighted by Gasteiger charge is -2.13. The molecule has 0 amide bonds. The van der Waals surface area contributed by atoms with Crippen LogP contribution in [-0.4, -0.2) is 0 Å². The molecule has 0 atom stereocenters. The maximum atomic E-state index is 5.36. The highest BCUT2D eigenvalue weighted by atomic mass is 16.3. The highest BCUT2D eigenvalue weighted by Crippen LogP contribution is 2.36. The van der Waals surface area contributed by atoms with E-state index in [1.165, 1.54) is 75.8 Å². The van der Waals surface area contributed by atoms with Gasteiger partial charge < -0.3 is 25.7 Å². The Bertz CT molecular complexity index is 4880. The summed E-state index contributed by atoms with van der Waals surface area (Å²) in [7, 11) is 0. The molecule has 0 aliphatic carbocycles. The SMILES string of the molecule is c1ccc(-c2ccc(Nc3cc4ccccc4c4ccccc34)cc2)cc1.c1ccc(Nc2cc3ccccc3c3ccccc23)cc1.c1ccc(Nc2ccc(-c3ccco3)cc2)cc1.c1ccc(Nc2ccc3c(ccc4ccccc43)c2)cc1. The second-order valence-electron chi connectivity index (χ2n) is 21.2. The van der Waals surface area contributed by atoms with Crippen molar-refractivity contribution in [1.82, 2.24) is 0 Å². The summed E-state index contributed by atoms with van der Waals surface area (Å²) in [6.45, 7) is 0. The van der Waals surface area contributed by atoms with Crippen molar-refractivity contribution in [3.8, 4) is 22.5 Å². The summed E-state index contributed by atoms with van der Waals surface area (Å²) in [6.07, 6.45) is 1.69. The summed E-state index contributed by atoms with van der Waals surface area (Å²) in [5.41, 5.74) is 12.4. The van der Waals surface area contributed by atoms with Gasteiger partial charge in [0.05, 0.1) is 6.26 Å². The molecular formula is C82H62N4O. The number of furan rings is 1. The number of rotatable bonds is 10. The Balaban J connectivity index is 0.000000108. The van der Waals surface area contributed by atoms with Crippen molar-refractivity contribution in [1.29, 1.82) is 0 Å². The number of hydrogen-bond acceptors (Lipinski definition) is 5. The van der Waals surface area contributed by atoms with Crippen LogP contribution >= 0.6 is 0 Å². The molecule has 16 aromatic rings. The van der Waals surface area contributed by atoms with Crippen LogP contribution in [0.15, 0.2) is 356 Å². The molecule has 16 rings (SSSR count). The van der Waals surface area contributed by atoms with Crippen LogP contribution < -0.4 is 21.3 Å². The molecule has 0 aliphatic heterocycles. The van der Waals surface area contributed by atoms with Gasteiger partial charge in [-0.3, -0.25) is 0 Å². The predicted octanol–water partition coefficient (Wildman–Crippen LogP) is 23.6. The van der Waals surface area contributed by atoms with E-state index in [2.05, 4.69) is 258 Å². The van der Waals surface area contributed by atoms with Gasteiger partial charge in [-0.25, -0.2) is 0 Å². The molecule has 0 radical (unpaired) electrons. The van der Waals surface area contributed by atoms with Crippen molar-refractivity contribution in [3.63, 3.8) is 0 Å². The molecule has 0 aliphatic rings. The largest absolute Gasteiger partial charge is 0.464 e. The zero-order valence-electron chi connectivity index (χ0n) is 47.9. The van der Waals surface area contributed by atoms with Crippen molar-refractivity contribution >= 4 is 110 Å². The van der Waals surface area contributed by atoms with Gasteiger partial charge in [0, 0.05) is 61.8 Å². The fourth-order valence-corrected chi connectivity index (χ4v) is 11.2. The van der Waals surface area contributed by atoms with Crippen LogP contribution in [0.1, 0.15) is 0 Å². The third kappa shape index (κ3) is 13.1. The molecule has 1 aromatic heterocycles. The molecule has 4 N–H and O–H groups in total. The highest BCUT2D eigenvalue weighted by Gasteiger charge is 2.10. The van der Waals surface area contributed by atoms with Crippen molar-refractivity contribution in [2.24, 2.45) is 0 Å². The smallest absolute Gasteiger partial charge is 0.133 e. The van der Waals surface area contributed by atoms with Crippen LogP contribution in [0, 0.1) is 0 Å². The van der Waals surface area contributed by atoms with Gasteiger partial charge in [0.15, 0.2) is 0 Å². The van der Waals surface area contributed by atoms with Gasteiger partial charge in [0.1, 0.15) is 5.76 Å². The van der Waals surface area contributed by atoms with E-state index in [4.69, 9.17) is 4.42 Å². The summed E-state index contributed by atoms with van der Waals surface area (Å²) < 4.78 is 5.36. The van der Waals surface area contributed by atoms with E-state index >= 15 is 0 Å². The third-order valence-corrected chi connectivity index (χ3v) is 15.4. The van der Waals surface area contributed by atoms with Crippen LogP contribution in [0.4, 0.5) is 45.5 Å². The van der Waals surface area contributed by atoms with E-state index in [-0.39, 0.29) is 0 Å². The van der Waals surface area contributed by atoms with Gasteiger partial charge in [-0.15, -0.1) is 0 Å². The fourth-order valence-electron chi connectivity index (χ4n) is 11.2. The third-order valence-electron chi connectivity index (χ3n) is 15.4. The first-order valence-corrected chi connectivity index (χ1v) is 29.4. The number of para-hydroxylation sites is 3. The molecule has 0 fully saturated rings. The summed E-state index contributed by atoms with van der Waals surface area (Å²) in [4.78, 5) is 0. The highest BCUT2D eigenvalue weighted by molar-refractivity contribution is 6.15. The molecule has 0 unspecified atom stereocenters. The molecule has 416 valence electrons. The van der Waals surface area contributed by atoms with Gasteiger partial charge in [-0.05, 0) is 174 Å². The number of fused-ring (bicyclic) bond motifs is 9. The molecular weight excluding hydrogens is 1060 g/mol. The standard InChI is InChI=1S/C26H19N.2C20H15N.C16H13NO/c1-2-8-19(9-3-1)20-14-16-22(17-15-20)27-26-18-21-10-4-5-11-23(21)24-12-6-7-13-25(24)26;1-2-9-16(10-3-1)21-20-14-15-8-4-5-11-17(15)18-12-6-7-13-19(18)20;1-2-7-17(8-3-1)21-18-12-13-20-16(14-18)11-10-15-6-4-5-9-19(15)20;1-2-5-14(6-3-1)17-15-10-8-13(9-11-15)16-7-4-12-18-16/h1-18,27H;2*1-14,21H;1-12,17H. The van der Waals surface area contributed by atoms with E-state index in [0.29, 0.717) is 0 Å². The number of nitrogens with one attached hydrogen (secondary N) is 4. The average Bonchev–Trinajstić information content (AvgIpc) is 3.62. The quantitative estimate of drug-likeness (QED) is 0.103. The van der Waals surface area contributed by atoms with Gasteiger partial charge in [0.2, 0.25) is 0 Å². The Hall–Kier alpha value is -11.7. The van der Waals surface area contributed by atoms with Gasteiger partial charge in [-0.2, -0.15) is 0 Å². The van der Waals surface area contributed by atoms with Crippen LogP contribution in [0.5, 0.6) is 0 Å². The normalized spacial score (nSPS) is 10.8. The number of benzene rings is 15. The molecule has 0 saturated carbocycles. The number of anilines is 8. The van der Waals surface area contributed by atoms with Gasteiger partial charge in [0.25, 0.3) is 0 Å².